The molecule has 0 aliphatic heterocycles. The Morgan fingerprint density at radius 2 is 2.27 bits per heavy atom. The van der Waals surface area contributed by atoms with Crippen LogP contribution in [0.15, 0.2) is 18.2 Å². The summed E-state index contributed by atoms with van der Waals surface area (Å²) < 4.78 is 1.19. The zero-order valence-electron chi connectivity index (χ0n) is 8.82. The molecule has 2 rings (SSSR count). The highest BCUT2D eigenvalue weighted by Crippen LogP contribution is 2.29. The van der Waals surface area contributed by atoms with Crippen molar-refractivity contribution in [1.82, 2.24) is 4.98 Å². The average molecular weight is 216 g/mol. The predicted octanol–water partition coefficient (Wildman–Crippen LogP) is 3.49. The zero-order valence-corrected chi connectivity index (χ0v) is 9.64. The van der Waals surface area contributed by atoms with Crippen LogP contribution in [0.2, 0.25) is 0 Å². The summed E-state index contributed by atoms with van der Waals surface area (Å²) in [5.41, 5.74) is 2.05. The van der Waals surface area contributed by atoms with Crippen LogP contribution in [-0.4, -0.2) is 4.98 Å². The van der Waals surface area contributed by atoms with Crippen molar-refractivity contribution in [2.75, 3.05) is 0 Å². The van der Waals surface area contributed by atoms with E-state index in [0.29, 0.717) is 12.3 Å². The summed E-state index contributed by atoms with van der Waals surface area (Å²) in [5.74, 6) is 0.456. The van der Waals surface area contributed by atoms with Gasteiger partial charge in [0.25, 0.3) is 0 Å². The summed E-state index contributed by atoms with van der Waals surface area (Å²) in [6.45, 7) is 4.28. The molecule has 2 nitrogen and oxygen atoms in total. The van der Waals surface area contributed by atoms with Crippen LogP contribution in [0, 0.1) is 11.3 Å². The fourth-order valence-electron chi connectivity index (χ4n) is 1.50. The molecule has 0 spiro atoms. The molecule has 0 atom stereocenters. The zero-order chi connectivity index (χ0) is 10.8. The lowest BCUT2D eigenvalue weighted by atomic mass is 10.1. The maximum Gasteiger partial charge on any atom is 0.0964 e. The summed E-state index contributed by atoms with van der Waals surface area (Å²) in [7, 11) is 0. The fraction of sp³-hybridized carbons (Fsp3) is 0.333. The van der Waals surface area contributed by atoms with Crippen LogP contribution in [0.3, 0.4) is 0 Å². The molecule has 0 aliphatic rings. The van der Waals surface area contributed by atoms with Crippen LogP contribution >= 0.6 is 11.3 Å². The number of rotatable bonds is 2. The molecule has 2 aromatic rings. The van der Waals surface area contributed by atoms with Crippen LogP contribution in [0.1, 0.15) is 30.3 Å². The van der Waals surface area contributed by atoms with Crippen LogP contribution in [0.5, 0.6) is 0 Å². The van der Waals surface area contributed by atoms with Gasteiger partial charge in [-0.1, -0.05) is 26.0 Å². The Bertz CT molecular complexity index is 520. The van der Waals surface area contributed by atoms with E-state index < -0.39 is 0 Å². The maximum atomic E-state index is 8.72. The number of thiazole rings is 1. The van der Waals surface area contributed by atoms with Crippen molar-refractivity contribution in [2.24, 2.45) is 0 Å². The maximum absolute atomic E-state index is 8.72. The molecule has 0 fully saturated rings. The molecule has 0 unspecified atom stereocenters. The lowest BCUT2D eigenvalue weighted by Crippen LogP contribution is -1.86. The molecule has 0 radical (unpaired) electrons. The van der Waals surface area contributed by atoms with Gasteiger partial charge in [-0.25, -0.2) is 4.98 Å². The van der Waals surface area contributed by atoms with Gasteiger partial charge in [0.15, 0.2) is 0 Å². The van der Waals surface area contributed by atoms with Crippen molar-refractivity contribution >= 4 is 21.6 Å². The van der Waals surface area contributed by atoms with Crippen molar-refractivity contribution in [1.29, 1.82) is 5.26 Å². The third-order valence-corrected chi connectivity index (χ3v) is 3.60. The first-order chi connectivity index (χ1) is 7.22. The largest absolute Gasteiger partial charge is 0.241 e. The first-order valence-electron chi connectivity index (χ1n) is 4.97. The van der Waals surface area contributed by atoms with Gasteiger partial charge in [0.2, 0.25) is 0 Å². The van der Waals surface area contributed by atoms with Crippen LogP contribution < -0.4 is 0 Å². The molecule has 1 aromatic carbocycles. The monoisotopic (exact) mass is 216 g/mol. The van der Waals surface area contributed by atoms with E-state index in [0.717, 1.165) is 16.1 Å². The molecule has 76 valence electrons. The number of hydrogen-bond donors (Lipinski definition) is 0. The van der Waals surface area contributed by atoms with E-state index in [1.807, 2.05) is 12.1 Å². The minimum absolute atomic E-state index is 0.443. The van der Waals surface area contributed by atoms with Gasteiger partial charge in [0.1, 0.15) is 0 Å². The third kappa shape index (κ3) is 1.86. The average Bonchev–Trinajstić information content (AvgIpc) is 2.63. The number of nitrogens with zero attached hydrogens (tertiary/aromatic N) is 2. The molecule has 0 saturated carbocycles. The second kappa shape index (κ2) is 4.00. The topological polar surface area (TPSA) is 36.7 Å². The molecular formula is C12H12N2S. The first kappa shape index (κ1) is 10.1. The highest BCUT2D eigenvalue weighted by Gasteiger charge is 2.09. The number of fused-ring (bicyclic) bond motifs is 1. The molecule has 0 saturated heterocycles. The van der Waals surface area contributed by atoms with E-state index in [9.17, 15) is 0 Å². The lowest BCUT2D eigenvalue weighted by Gasteiger charge is -1.96. The van der Waals surface area contributed by atoms with Gasteiger partial charge in [0.05, 0.1) is 27.7 Å². The number of aromatic nitrogens is 1. The fourth-order valence-corrected chi connectivity index (χ4v) is 2.52. The molecule has 0 amide bonds. The smallest absolute Gasteiger partial charge is 0.0964 e. The Hall–Kier alpha value is -1.40. The Morgan fingerprint density at radius 3 is 2.93 bits per heavy atom. The van der Waals surface area contributed by atoms with Crippen LogP contribution in [-0.2, 0) is 6.42 Å². The van der Waals surface area contributed by atoms with Crippen molar-refractivity contribution in [3.63, 3.8) is 0 Å². The van der Waals surface area contributed by atoms with Gasteiger partial charge in [-0.3, -0.25) is 0 Å². The Labute approximate surface area is 93.2 Å². The number of hydrogen-bond acceptors (Lipinski definition) is 3. The summed E-state index contributed by atoms with van der Waals surface area (Å²) in [4.78, 5) is 4.60. The molecule has 1 heterocycles. The molecule has 0 N–H and O–H groups in total. The van der Waals surface area contributed by atoms with Crippen molar-refractivity contribution in [3.05, 3.63) is 28.8 Å². The SMILES string of the molecule is CC(C)c1nc2c(CC#N)cccc2s1. The Balaban J connectivity index is 2.60. The Kier molecular flexibility index (Phi) is 2.70. The van der Waals surface area contributed by atoms with Gasteiger partial charge in [-0.05, 0) is 11.6 Å². The van der Waals surface area contributed by atoms with Crippen molar-refractivity contribution in [3.8, 4) is 6.07 Å². The minimum Gasteiger partial charge on any atom is -0.241 e. The van der Waals surface area contributed by atoms with Crippen molar-refractivity contribution < 1.29 is 0 Å². The minimum atomic E-state index is 0.443. The number of nitriles is 1. The van der Waals surface area contributed by atoms with Crippen LogP contribution in [0.4, 0.5) is 0 Å². The summed E-state index contributed by atoms with van der Waals surface area (Å²) >= 11 is 1.72. The van der Waals surface area contributed by atoms with Gasteiger partial charge in [0, 0.05) is 5.92 Å². The van der Waals surface area contributed by atoms with E-state index in [-0.39, 0.29) is 0 Å². The van der Waals surface area contributed by atoms with Gasteiger partial charge in [-0.15, -0.1) is 11.3 Å². The second-order valence-electron chi connectivity index (χ2n) is 3.81. The van der Waals surface area contributed by atoms with E-state index in [1.165, 1.54) is 4.70 Å². The van der Waals surface area contributed by atoms with Gasteiger partial charge < -0.3 is 0 Å². The van der Waals surface area contributed by atoms with E-state index >= 15 is 0 Å². The van der Waals surface area contributed by atoms with Gasteiger partial charge in [-0.2, -0.15) is 5.26 Å². The predicted molar refractivity (Wildman–Crippen MR) is 63.0 cm³/mol. The summed E-state index contributed by atoms with van der Waals surface area (Å²) in [6, 6.07) is 8.23. The highest BCUT2D eigenvalue weighted by molar-refractivity contribution is 7.18. The molecule has 15 heavy (non-hydrogen) atoms. The number of benzene rings is 1. The molecular weight excluding hydrogens is 204 g/mol. The van der Waals surface area contributed by atoms with Crippen LogP contribution in [0.25, 0.3) is 10.2 Å². The van der Waals surface area contributed by atoms with Crippen molar-refractivity contribution in [2.45, 2.75) is 26.2 Å². The third-order valence-electron chi connectivity index (χ3n) is 2.28. The summed E-state index contributed by atoms with van der Waals surface area (Å²) in [6.07, 6.45) is 0.443. The van der Waals surface area contributed by atoms with Gasteiger partial charge >= 0.3 is 0 Å². The van der Waals surface area contributed by atoms with E-state index in [4.69, 9.17) is 5.26 Å². The van der Waals surface area contributed by atoms with E-state index in [2.05, 4.69) is 31.0 Å². The Morgan fingerprint density at radius 1 is 1.47 bits per heavy atom. The highest BCUT2D eigenvalue weighted by atomic mass is 32.1. The lowest BCUT2D eigenvalue weighted by molar-refractivity contribution is 0.856. The molecule has 0 bridgehead atoms. The van der Waals surface area contributed by atoms with E-state index in [1.54, 1.807) is 11.3 Å². The molecule has 3 heteroatoms. The quantitative estimate of drug-likeness (QED) is 0.770. The number of para-hydroxylation sites is 1. The second-order valence-corrected chi connectivity index (χ2v) is 4.87. The standard InChI is InChI=1S/C12H12N2S/c1-8(2)12-14-11-9(6-7-13)4-3-5-10(11)15-12/h3-5,8H,6H2,1-2H3. The molecule has 1 aromatic heterocycles. The normalized spacial score (nSPS) is 10.8. The molecule has 0 aliphatic carbocycles. The first-order valence-corrected chi connectivity index (χ1v) is 5.79. The summed E-state index contributed by atoms with van der Waals surface area (Å²) in [5, 5.41) is 9.87.